The molecule has 0 bridgehead atoms. The van der Waals surface area contributed by atoms with E-state index in [1.165, 1.54) is 11.1 Å². The molecular weight excluding hydrogens is 385 g/mol. The predicted octanol–water partition coefficient (Wildman–Crippen LogP) is 5.00. The van der Waals surface area contributed by atoms with Gasteiger partial charge in [-0.15, -0.1) is 12.4 Å². The average molecular weight is 412 g/mol. The lowest BCUT2D eigenvalue weighted by atomic mass is 9.98. The molecule has 0 aliphatic carbocycles. The number of methoxy groups -OCH3 is 2. The maximum absolute atomic E-state index is 5.88. The van der Waals surface area contributed by atoms with Gasteiger partial charge in [-0.2, -0.15) is 0 Å². The molecule has 0 amide bonds. The minimum atomic E-state index is 0. The third-order valence-electron chi connectivity index (χ3n) is 4.75. The maximum atomic E-state index is 5.88. The Labute approximate surface area is 172 Å². The molecule has 148 valence electrons. The highest BCUT2D eigenvalue weighted by molar-refractivity contribution is 6.30. The van der Waals surface area contributed by atoms with E-state index >= 15 is 0 Å². The minimum absolute atomic E-state index is 0. The standard InChI is InChI=1S/C21H26ClNO3.ClH/c1-24-20-13-16-9-11-23(15-17(16)14-21(20)25-2)10-3-4-12-26-19-7-5-18(22)6-8-19;/h5-8,13-14H,3-4,9-12,15H2,1-2H3;1H. The van der Waals surface area contributed by atoms with Crippen molar-refractivity contribution < 1.29 is 14.2 Å². The summed E-state index contributed by atoms with van der Waals surface area (Å²) in [5, 5.41) is 0.733. The molecule has 0 N–H and O–H groups in total. The van der Waals surface area contributed by atoms with E-state index in [1.807, 2.05) is 24.3 Å². The van der Waals surface area contributed by atoms with Crippen LogP contribution in [-0.2, 0) is 13.0 Å². The fourth-order valence-electron chi connectivity index (χ4n) is 3.29. The molecule has 0 aromatic heterocycles. The van der Waals surface area contributed by atoms with Crippen molar-refractivity contribution in [1.29, 1.82) is 0 Å². The van der Waals surface area contributed by atoms with Gasteiger partial charge < -0.3 is 14.2 Å². The zero-order chi connectivity index (χ0) is 18.4. The van der Waals surface area contributed by atoms with E-state index in [0.717, 1.165) is 67.8 Å². The lowest BCUT2D eigenvalue weighted by Crippen LogP contribution is -2.31. The molecule has 2 aromatic carbocycles. The van der Waals surface area contributed by atoms with Crippen molar-refractivity contribution in [3.63, 3.8) is 0 Å². The first-order valence-electron chi connectivity index (χ1n) is 9.04. The fourth-order valence-corrected chi connectivity index (χ4v) is 3.42. The van der Waals surface area contributed by atoms with E-state index in [2.05, 4.69) is 17.0 Å². The second kappa shape index (κ2) is 10.6. The normalized spacial score (nSPS) is 13.4. The lowest BCUT2D eigenvalue weighted by Gasteiger charge is -2.29. The highest BCUT2D eigenvalue weighted by Crippen LogP contribution is 2.33. The van der Waals surface area contributed by atoms with Crippen LogP contribution in [0.2, 0.25) is 5.02 Å². The maximum Gasteiger partial charge on any atom is 0.161 e. The molecule has 6 heteroatoms. The SMILES string of the molecule is COc1cc2c(cc1OC)CN(CCCCOc1ccc(Cl)cc1)CC2.Cl. The van der Waals surface area contributed by atoms with Crippen LogP contribution in [-0.4, -0.2) is 38.8 Å². The molecule has 0 radical (unpaired) electrons. The summed E-state index contributed by atoms with van der Waals surface area (Å²) in [4.78, 5) is 2.50. The first-order chi connectivity index (χ1) is 12.7. The summed E-state index contributed by atoms with van der Waals surface area (Å²) < 4.78 is 16.6. The zero-order valence-electron chi connectivity index (χ0n) is 15.9. The van der Waals surface area contributed by atoms with Crippen molar-refractivity contribution in [2.75, 3.05) is 33.9 Å². The van der Waals surface area contributed by atoms with Crippen molar-refractivity contribution in [3.8, 4) is 17.2 Å². The van der Waals surface area contributed by atoms with Gasteiger partial charge >= 0.3 is 0 Å². The van der Waals surface area contributed by atoms with Crippen LogP contribution in [0.25, 0.3) is 0 Å². The van der Waals surface area contributed by atoms with Crippen LogP contribution in [0.15, 0.2) is 36.4 Å². The Morgan fingerprint density at radius 1 is 0.963 bits per heavy atom. The molecule has 1 heterocycles. The van der Waals surface area contributed by atoms with Crippen LogP contribution in [0.5, 0.6) is 17.2 Å². The van der Waals surface area contributed by atoms with E-state index in [4.69, 9.17) is 25.8 Å². The number of rotatable bonds is 8. The largest absolute Gasteiger partial charge is 0.494 e. The molecule has 0 saturated carbocycles. The van der Waals surface area contributed by atoms with Gasteiger partial charge in [0.25, 0.3) is 0 Å². The third-order valence-corrected chi connectivity index (χ3v) is 5.00. The summed E-state index contributed by atoms with van der Waals surface area (Å²) in [5.41, 5.74) is 2.70. The first kappa shape index (κ1) is 21.7. The van der Waals surface area contributed by atoms with E-state index in [-0.39, 0.29) is 12.4 Å². The zero-order valence-corrected chi connectivity index (χ0v) is 17.4. The molecule has 1 aliphatic heterocycles. The van der Waals surface area contributed by atoms with Crippen LogP contribution in [0.4, 0.5) is 0 Å². The fraction of sp³-hybridized carbons (Fsp3) is 0.429. The number of halogens is 2. The Hall–Kier alpha value is -1.62. The van der Waals surface area contributed by atoms with Crippen LogP contribution in [0.1, 0.15) is 24.0 Å². The van der Waals surface area contributed by atoms with Crippen LogP contribution < -0.4 is 14.2 Å². The number of nitrogens with zero attached hydrogens (tertiary/aromatic N) is 1. The molecule has 3 rings (SSSR count). The van der Waals surface area contributed by atoms with E-state index in [9.17, 15) is 0 Å². The Balaban J connectivity index is 0.00000261. The van der Waals surface area contributed by atoms with E-state index < -0.39 is 0 Å². The molecule has 1 aliphatic rings. The molecule has 4 nitrogen and oxygen atoms in total. The Kier molecular flexibility index (Phi) is 8.55. The Morgan fingerprint density at radius 2 is 1.63 bits per heavy atom. The van der Waals surface area contributed by atoms with Gasteiger partial charge in [0, 0.05) is 18.1 Å². The smallest absolute Gasteiger partial charge is 0.161 e. The van der Waals surface area contributed by atoms with Gasteiger partial charge in [0.2, 0.25) is 0 Å². The second-order valence-electron chi connectivity index (χ2n) is 6.51. The van der Waals surface area contributed by atoms with Gasteiger partial charge in [0.15, 0.2) is 11.5 Å². The number of fused-ring (bicyclic) bond motifs is 1. The predicted molar refractivity (Wildman–Crippen MR) is 112 cm³/mol. The first-order valence-corrected chi connectivity index (χ1v) is 9.42. The third kappa shape index (κ3) is 5.93. The van der Waals surface area contributed by atoms with Crippen molar-refractivity contribution in [2.24, 2.45) is 0 Å². The van der Waals surface area contributed by atoms with Gasteiger partial charge in [0.05, 0.1) is 20.8 Å². The molecular formula is C21H27Cl2NO3. The molecule has 0 fully saturated rings. The number of ether oxygens (including phenoxy) is 3. The van der Waals surface area contributed by atoms with E-state index in [1.54, 1.807) is 14.2 Å². The number of benzene rings is 2. The van der Waals surface area contributed by atoms with Crippen LogP contribution in [0, 0.1) is 0 Å². The lowest BCUT2D eigenvalue weighted by molar-refractivity contribution is 0.234. The van der Waals surface area contributed by atoms with Gasteiger partial charge in [-0.25, -0.2) is 0 Å². The van der Waals surface area contributed by atoms with Crippen molar-refractivity contribution in [3.05, 3.63) is 52.5 Å². The molecule has 0 spiro atoms. The van der Waals surface area contributed by atoms with Crippen molar-refractivity contribution >= 4 is 24.0 Å². The van der Waals surface area contributed by atoms with Crippen molar-refractivity contribution in [1.82, 2.24) is 4.90 Å². The summed E-state index contributed by atoms with van der Waals surface area (Å²) in [6, 6.07) is 11.8. The Morgan fingerprint density at radius 3 is 2.30 bits per heavy atom. The van der Waals surface area contributed by atoms with Gasteiger partial charge in [-0.3, -0.25) is 4.90 Å². The monoisotopic (exact) mass is 411 g/mol. The highest BCUT2D eigenvalue weighted by atomic mass is 35.5. The second-order valence-corrected chi connectivity index (χ2v) is 6.95. The molecule has 27 heavy (non-hydrogen) atoms. The van der Waals surface area contributed by atoms with Gasteiger partial charge in [-0.1, -0.05) is 11.6 Å². The molecule has 0 atom stereocenters. The molecule has 2 aromatic rings. The molecule has 0 unspecified atom stereocenters. The Bertz CT molecular complexity index is 722. The van der Waals surface area contributed by atoms with Crippen LogP contribution in [0.3, 0.4) is 0 Å². The van der Waals surface area contributed by atoms with E-state index in [0.29, 0.717) is 0 Å². The quantitative estimate of drug-likeness (QED) is 0.572. The van der Waals surface area contributed by atoms with Crippen molar-refractivity contribution in [2.45, 2.75) is 25.8 Å². The number of hydrogen-bond acceptors (Lipinski definition) is 4. The summed E-state index contributed by atoms with van der Waals surface area (Å²) in [6.45, 7) is 3.86. The number of unbranched alkanes of at least 4 members (excludes halogenated alkanes) is 1. The summed E-state index contributed by atoms with van der Waals surface area (Å²) in [7, 11) is 3.37. The van der Waals surface area contributed by atoms with Gasteiger partial charge in [-0.05, 0) is 73.3 Å². The summed E-state index contributed by atoms with van der Waals surface area (Å²) in [5.74, 6) is 2.51. The van der Waals surface area contributed by atoms with Gasteiger partial charge in [0.1, 0.15) is 5.75 Å². The minimum Gasteiger partial charge on any atom is -0.494 e. The van der Waals surface area contributed by atoms with Crippen LogP contribution >= 0.6 is 24.0 Å². The molecule has 0 saturated heterocycles. The highest BCUT2D eigenvalue weighted by Gasteiger charge is 2.19. The average Bonchev–Trinajstić information content (AvgIpc) is 2.68. The number of hydrogen-bond donors (Lipinski definition) is 0. The summed E-state index contributed by atoms with van der Waals surface area (Å²) >= 11 is 5.88. The topological polar surface area (TPSA) is 30.9 Å². The summed E-state index contributed by atoms with van der Waals surface area (Å²) in [6.07, 6.45) is 3.21.